The highest BCUT2D eigenvalue weighted by atomic mass is 15.4. The molecule has 0 aromatic heterocycles. The van der Waals surface area contributed by atoms with Crippen LogP contribution in [-0.4, -0.2) is 49.3 Å². The van der Waals surface area contributed by atoms with Gasteiger partial charge in [-0.15, -0.1) is 0 Å². The maximum atomic E-state index is 4.28. The third-order valence-corrected chi connectivity index (χ3v) is 14.1. The first kappa shape index (κ1) is 27.0. The van der Waals surface area contributed by atoms with Gasteiger partial charge in [0, 0.05) is 0 Å². The number of fused-ring (bicyclic) bond motifs is 20. The smallest absolute Gasteiger partial charge is 0.0628 e. The highest BCUT2D eigenvalue weighted by Gasteiger charge is 2.54. The van der Waals surface area contributed by atoms with Crippen molar-refractivity contribution in [2.75, 3.05) is 0 Å². The van der Waals surface area contributed by atoms with Crippen molar-refractivity contribution in [1.29, 1.82) is 0 Å². The van der Waals surface area contributed by atoms with E-state index in [1.165, 1.54) is 96.3 Å². The summed E-state index contributed by atoms with van der Waals surface area (Å²) >= 11 is 0. The Morgan fingerprint density at radius 2 is 0.537 bits per heavy atom. The van der Waals surface area contributed by atoms with Crippen LogP contribution in [-0.2, 0) is 0 Å². The van der Waals surface area contributed by atoms with E-state index in [-0.39, 0.29) is 0 Å². The van der Waals surface area contributed by atoms with Crippen molar-refractivity contribution >= 4 is 0 Å². The summed E-state index contributed by atoms with van der Waals surface area (Å²) in [7, 11) is 0. The summed E-state index contributed by atoms with van der Waals surface area (Å²) in [5.41, 5.74) is 0. The molecule has 0 aromatic rings. The van der Waals surface area contributed by atoms with Crippen molar-refractivity contribution in [3.05, 3.63) is 0 Å². The molecule has 9 fully saturated rings. The molecule has 5 saturated heterocycles. The molecule has 17 atom stereocenters. The fraction of sp³-hybridized carbons (Fsp3) is 1.00. The van der Waals surface area contributed by atoms with Crippen LogP contribution in [0, 0.1) is 53.3 Å². The molecule has 8 heteroatoms. The summed E-state index contributed by atoms with van der Waals surface area (Å²) in [6.07, 6.45) is 24.0. The van der Waals surface area contributed by atoms with E-state index in [0.717, 1.165) is 53.3 Å². The number of hydrogen-bond donors (Lipinski definition) is 8. The molecule has 5 heterocycles. The molecule has 230 valence electrons. The van der Waals surface area contributed by atoms with Crippen molar-refractivity contribution < 1.29 is 0 Å². The maximum Gasteiger partial charge on any atom is 0.0628 e. The van der Waals surface area contributed by atoms with Gasteiger partial charge < -0.3 is 0 Å². The zero-order chi connectivity index (χ0) is 27.1. The van der Waals surface area contributed by atoms with E-state index in [1.807, 2.05) is 0 Å². The minimum atomic E-state index is 0.404. The topological polar surface area (TPSA) is 96.2 Å². The van der Waals surface area contributed by atoms with Crippen molar-refractivity contribution in [3.8, 4) is 0 Å². The standard InChI is InChI=1S/C33H58N8/c1-17-14-15-24-25(16-17)33-40-31-23-13-7-6-12-22(23)29(38-31)36-27-19-9-3-2-8-18(19)26(34-27)35-28-20-10-4-5-11-21(20)30(37-28)39-32(24)41-33/h17-41H,2-16H2,1H3. The van der Waals surface area contributed by atoms with Gasteiger partial charge in [-0.25, -0.2) is 0 Å². The fourth-order valence-corrected chi connectivity index (χ4v) is 12.2. The van der Waals surface area contributed by atoms with Gasteiger partial charge >= 0.3 is 0 Å². The summed E-state index contributed by atoms with van der Waals surface area (Å²) in [4.78, 5) is 0. The Morgan fingerprint density at radius 1 is 0.293 bits per heavy atom. The molecule has 4 aliphatic carbocycles. The molecule has 41 heavy (non-hydrogen) atoms. The van der Waals surface area contributed by atoms with E-state index in [0.29, 0.717) is 49.3 Å². The van der Waals surface area contributed by atoms with Crippen LogP contribution in [0.2, 0.25) is 0 Å². The van der Waals surface area contributed by atoms with Gasteiger partial charge in [-0.3, -0.25) is 42.5 Å². The normalized spacial score (nSPS) is 58.3. The van der Waals surface area contributed by atoms with Crippen LogP contribution in [0.25, 0.3) is 0 Å². The van der Waals surface area contributed by atoms with Gasteiger partial charge in [0.05, 0.1) is 49.3 Å². The third kappa shape index (κ3) is 4.68. The van der Waals surface area contributed by atoms with Crippen molar-refractivity contribution in [3.63, 3.8) is 0 Å². The Labute approximate surface area is 248 Å². The van der Waals surface area contributed by atoms with Gasteiger partial charge in [-0.1, -0.05) is 51.9 Å². The summed E-state index contributed by atoms with van der Waals surface area (Å²) in [5.74, 6) is 6.74. The summed E-state index contributed by atoms with van der Waals surface area (Å²) in [5, 5.41) is 33.9. The minimum absolute atomic E-state index is 0.404. The van der Waals surface area contributed by atoms with Crippen molar-refractivity contribution in [2.24, 2.45) is 53.3 Å². The lowest BCUT2D eigenvalue weighted by atomic mass is 9.74. The van der Waals surface area contributed by atoms with E-state index in [1.54, 1.807) is 0 Å². The molecule has 0 spiro atoms. The zero-order valence-electron chi connectivity index (χ0n) is 25.4. The maximum absolute atomic E-state index is 4.28. The Hall–Kier alpha value is -0.320. The van der Waals surface area contributed by atoms with E-state index in [9.17, 15) is 0 Å². The molecule has 8 nitrogen and oxygen atoms in total. The molecular formula is C33H58N8. The third-order valence-electron chi connectivity index (χ3n) is 14.1. The van der Waals surface area contributed by atoms with Crippen LogP contribution in [0.5, 0.6) is 0 Å². The van der Waals surface area contributed by atoms with Gasteiger partial charge in [0.1, 0.15) is 0 Å². The lowest BCUT2D eigenvalue weighted by Gasteiger charge is -2.36. The zero-order valence-corrected chi connectivity index (χ0v) is 25.4. The molecule has 4 saturated carbocycles. The predicted octanol–water partition coefficient (Wildman–Crippen LogP) is 2.85. The summed E-state index contributed by atoms with van der Waals surface area (Å²) in [6.45, 7) is 2.50. The van der Waals surface area contributed by atoms with Crippen LogP contribution in [0.3, 0.4) is 0 Å². The first-order valence-electron chi connectivity index (χ1n) is 18.3. The highest BCUT2D eigenvalue weighted by molar-refractivity contribution is 5.08. The first-order chi connectivity index (χ1) is 20.2. The van der Waals surface area contributed by atoms with E-state index >= 15 is 0 Å². The summed E-state index contributed by atoms with van der Waals surface area (Å²) in [6, 6.07) is 0. The lowest BCUT2D eigenvalue weighted by molar-refractivity contribution is 0.150. The van der Waals surface area contributed by atoms with Crippen LogP contribution in [0.4, 0.5) is 0 Å². The molecule has 0 amide bonds. The molecule has 9 aliphatic rings. The lowest BCUT2D eigenvalue weighted by Crippen LogP contribution is -2.61. The Bertz CT molecular complexity index is 946. The van der Waals surface area contributed by atoms with Gasteiger partial charge in [-0.05, 0) is 105 Å². The Kier molecular flexibility index (Phi) is 7.21. The molecule has 17 unspecified atom stereocenters. The van der Waals surface area contributed by atoms with Gasteiger partial charge in [0.2, 0.25) is 0 Å². The van der Waals surface area contributed by atoms with Crippen LogP contribution >= 0.6 is 0 Å². The molecule has 8 bridgehead atoms. The molecule has 0 radical (unpaired) electrons. The quantitative estimate of drug-likeness (QED) is 0.227. The van der Waals surface area contributed by atoms with Crippen molar-refractivity contribution in [1.82, 2.24) is 42.5 Å². The average molecular weight is 567 g/mol. The van der Waals surface area contributed by atoms with Gasteiger partial charge in [0.25, 0.3) is 0 Å². The van der Waals surface area contributed by atoms with E-state index < -0.39 is 0 Å². The van der Waals surface area contributed by atoms with E-state index in [4.69, 9.17) is 0 Å². The second-order valence-corrected chi connectivity index (χ2v) is 16.2. The van der Waals surface area contributed by atoms with Crippen molar-refractivity contribution in [2.45, 2.75) is 153 Å². The van der Waals surface area contributed by atoms with Crippen LogP contribution < -0.4 is 42.5 Å². The Balaban J connectivity index is 1.05. The molecule has 0 aromatic carbocycles. The first-order valence-corrected chi connectivity index (χ1v) is 18.3. The number of rotatable bonds is 0. The second-order valence-electron chi connectivity index (χ2n) is 16.2. The number of nitrogens with one attached hydrogen (secondary N) is 8. The monoisotopic (exact) mass is 566 g/mol. The average Bonchev–Trinajstić information content (AvgIpc) is 3.72. The SMILES string of the molecule is CC1CCC2C3NC4NC(NC5NC(NC6NC(NC(N3)C2C1)C1CCCCC61)C1CCCCC51)C1CCCCC41. The minimum Gasteiger partial charge on any atom is -0.286 e. The fourth-order valence-electron chi connectivity index (χ4n) is 12.2. The van der Waals surface area contributed by atoms with Gasteiger partial charge in [0.15, 0.2) is 0 Å². The molecular weight excluding hydrogens is 508 g/mol. The Morgan fingerprint density at radius 3 is 0.829 bits per heavy atom. The number of hydrogen-bond acceptors (Lipinski definition) is 8. The largest absolute Gasteiger partial charge is 0.286 e. The van der Waals surface area contributed by atoms with Crippen LogP contribution in [0.15, 0.2) is 0 Å². The second kappa shape index (κ2) is 10.9. The van der Waals surface area contributed by atoms with E-state index in [2.05, 4.69) is 49.5 Å². The van der Waals surface area contributed by atoms with Crippen LogP contribution in [0.1, 0.15) is 103 Å². The predicted molar refractivity (Wildman–Crippen MR) is 162 cm³/mol. The van der Waals surface area contributed by atoms with Gasteiger partial charge in [-0.2, -0.15) is 0 Å². The molecule has 9 rings (SSSR count). The molecule has 5 aliphatic heterocycles. The summed E-state index contributed by atoms with van der Waals surface area (Å²) < 4.78 is 0. The molecule has 8 N–H and O–H groups in total. The highest BCUT2D eigenvalue weighted by Crippen LogP contribution is 2.46.